The third kappa shape index (κ3) is 3.42. The van der Waals surface area contributed by atoms with Gasteiger partial charge in [-0.2, -0.15) is 5.10 Å². The van der Waals surface area contributed by atoms with Crippen LogP contribution in [0.4, 0.5) is 0 Å². The Morgan fingerprint density at radius 1 is 1.30 bits per heavy atom. The molecule has 0 saturated heterocycles. The predicted octanol–water partition coefficient (Wildman–Crippen LogP) is 0.812. The summed E-state index contributed by atoms with van der Waals surface area (Å²) in [6.07, 6.45) is 5.06. The highest BCUT2D eigenvalue weighted by Crippen LogP contribution is 2.17. The summed E-state index contributed by atoms with van der Waals surface area (Å²) in [4.78, 5) is 15.9. The van der Waals surface area contributed by atoms with Crippen LogP contribution >= 0.6 is 0 Å². The molecule has 0 saturated carbocycles. The lowest BCUT2D eigenvalue weighted by atomic mass is 10.2. The maximum absolute atomic E-state index is 11.9. The van der Waals surface area contributed by atoms with Crippen molar-refractivity contribution in [3.05, 3.63) is 48.2 Å². The lowest BCUT2D eigenvalue weighted by Gasteiger charge is -2.05. The molecule has 0 aliphatic heterocycles. The lowest BCUT2D eigenvalue weighted by molar-refractivity contribution is 0.0946. The van der Waals surface area contributed by atoms with Crippen LogP contribution in [0.15, 0.2) is 36.8 Å². The van der Waals surface area contributed by atoms with E-state index in [9.17, 15) is 4.79 Å². The van der Waals surface area contributed by atoms with Crippen LogP contribution in [0.3, 0.4) is 0 Å². The Kier molecular flexibility index (Phi) is 4.13. The molecule has 0 fully saturated rings. The fraction of sp³-hybridized carbons (Fsp3) is 0.267. The quantitative estimate of drug-likeness (QED) is 0.753. The number of pyridine rings is 1. The molecule has 0 spiro atoms. The van der Waals surface area contributed by atoms with Crippen LogP contribution in [0.5, 0.6) is 0 Å². The summed E-state index contributed by atoms with van der Waals surface area (Å²) < 4.78 is 3.36. The topological polar surface area (TPSA) is 90.5 Å². The van der Waals surface area contributed by atoms with Crippen molar-refractivity contribution in [1.82, 2.24) is 35.1 Å². The summed E-state index contributed by atoms with van der Waals surface area (Å²) in [6.45, 7) is 3.04. The third-order valence-corrected chi connectivity index (χ3v) is 3.40. The van der Waals surface area contributed by atoms with Crippen molar-refractivity contribution in [2.75, 3.05) is 6.54 Å². The van der Waals surface area contributed by atoms with E-state index in [4.69, 9.17) is 0 Å². The monoisotopic (exact) mass is 311 g/mol. The van der Waals surface area contributed by atoms with Crippen LogP contribution in [0.2, 0.25) is 0 Å². The van der Waals surface area contributed by atoms with Crippen LogP contribution in [0.25, 0.3) is 11.3 Å². The van der Waals surface area contributed by atoms with Crippen LogP contribution in [0.1, 0.15) is 16.2 Å². The SMILES string of the molecule is Cc1cc(-c2ccncc2)nn1CCNC(=O)c1cn(C)nn1. The van der Waals surface area contributed by atoms with Gasteiger partial charge in [-0.25, -0.2) is 0 Å². The second-order valence-corrected chi connectivity index (χ2v) is 5.16. The molecule has 0 aromatic carbocycles. The maximum atomic E-state index is 11.9. The van der Waals surface area contributed by atoms with Crippen molar-refractivity contribution in [3.8, 4) is 11.3 Å². The number of aryl methyl sites for hydroxylation is 2. The molecule has 0 radical (unpaired) electrons. The van der Waals surface area contributed by atoms with E-state index in [-0.39, 0.29) is 5.91 Å². The Hall–Kier alpha value is -3.03. The molecule has 1 N–H and O–H groups in total. The van der Waals surface area contributed by atoms with E-state index in [1.165, 1.54) is 4.68 Å². The Morgan fingerprint density at radius 2 is 2.09 bits per heavy atom. The Morgan fingerprint density at radius 3 is 2.78 bits per heavy atom. The minimum atomic E-state index is -0.239. The molecule has 8 heteroatoms. The molecule has 118 valence electrons. The van der Waals surface area contributed by atoms with Gasteiger partial charge in [0.2, 0.25) is 0 Å². The van der Waals surface area contributed by atoms with Gasteiger partial charge < -0.3 is 5.32 Å². The first kappa shape index (κ1) is 14.9. The van der Waals surface area contributed by atoms with Crippen molar-refractivity contribution < 1.29 is 4.79 Å². The molecule has 23 heavy (non-hydrogen) atoms. The predicted molar refractivity (Wildman–Crippen MR) is 83.5 cm³/mol. The van der Waals surface area contributed by atoms with E-state index in [1.807, 2.05) is 29.8 Å². The molecule has 3 heterocycles. The second kappa shape index (κ2) is 6.39. The van der Waals surface area contributed by atoms with Crippen LogP contribution < -0.4 is 5.32 Å². The average molecular weight is 311 g/mol. The van der Waals surface area contributed by atoms with Gasteiger partial charge in [0.25, 0.3) is 5.91 Å². The molecular formula is C15H17N7O. The van der Waals surface area contributed by atoms with Gasteiger partial charge in [-0.15, -0.1) is 5.10 Å². The Labute approximate surface area is 133 Å². The largest absolute Gasteiger partial charge is 0.349 e. The summed E-state index contributed by atoms with van der Waals surface area (Å²) in [7, 11) is 1.72. The first-order valence-corrected chi connectivity index (χ1v) is 7.23. The van der Waals surface area contributed by atoms with Gasteiger partial charge in [-0.1, -0.05) is 5.21 Å². The fourth-order valence-corrected chi connectivity index (χ4v) is 2.22. The zero-order valence-corrected chi connectivity index (χ0v) is 13.0. The summed E-state index contributed by atoms with van der Waals surface area (Å²) in [6, 6.07) is 5.85. The number of aromatic nitrogens is 6. The molecule has 0 unspecified atom stereocenters. The Balaban J connectivity index is 1.61. The highest BCUT2D eigenvalue weighted by Gasteiger charge is 2.10. The van der Waals surface area contributed by atoms with E-state index in [0.29, 0.717) is 18.8 Å². The minimum absolute atomic E-state index is 0.239. The van der Waals surface area contributed by atoms with E-state index >= 15 is 0 Å². The third-order valence-electron chi connectivity index (χ3n) is 3.40. The summed E-state index contributed by atoms with van der Waals surface area (Å²) in [5.41, 5.74) is 3.25. The van der Waals surface area contributed by atoms with Gasteiger partial charge in [0, 0.05) is 37.2 Å². The summed E-state index contributed by atoms with van der Waals surface area (Å²) in [5.74, 6) is -0.239. The number of carbonyl (C=O) groups is 1. The molecule has 0 atom stereocenters. The van der Waals surface area contributed by atoms with Crippen molar-refractivity contribution in [1.29, 1.82) is 0 Å². The van der Waals surface area contributed by atoms with Crippen molar-refractivity contribution in [2.24, 2.45) is 7.05 Å². The molecule has 3 aromatic heterocycles. The van der Waals surface area contributed by atoms with Gasteiger partial charge in [0.15, 0.2) is 5.69 Å². The minimum Gasteiger partial charge on any atom is -0.349 e. The second-order valence-electron chi connectivity index (χ2n) is 5.16. The number of carbonyl (C=O) groups excluding carboxylic acids is 1. The number of amides is 1. The van der Waals surface area contributed by atoms with Gasteiger partial charge in [-0.05, 0) is 25.1 Å². The number of nitrogens with one attached hydrogen (secondary N) is 1. The van der Waals surface area contributed by atoms with E-state index < -0.39 is 0 Å². The first-order chi connectivity index (χ1) is 11.1. The summed E-state index contributed by atoms with van der Waals surface area (Å²) in [5, 5.41) is 14.9. The van der Waals surface area contributed by atoms with Gasteiger partial charge in [0.05, 0.1) is 18.4 Å². The fourth-order valence-electron chi connectivity index (χ4n) is 2.22. The molecule has 3 rings (SSSR count). The van der Waals surface area contributed by atoms with Gasteiger partial charge in [0.1, 0.15) is 0 Å². The molecule has 0 bridgehead atoms. The number of hydrogen-bond acceptors (Lipinski definition) is 5. The normalized spacial score (nSPS) is 10.7. The maximum Gasteiger partial charge on any atom is 0.273 e. The highest BCUT2D eigenvalue weighted by molar-refractivity contribution is 5.91. The number of nitrogens with zero attached hydrogens (tertiary/aromatic N) is 6. The average Bonchev–Trinajstić information content (AvgIpc) is 3.15. The molecular weight excluding hydrogens is 294 g/mol. The lowest BCUT2D eigenvalue weighted by Crippen LogP contribution is -2.28. The van der Waals surface area contributed by atoms with Crippen molar-refractivity contribution >= 4 is 5.91 Å². The molecule has 0 aliphatic carbocycles. The van der Waals surface area contributed by atoms with Crippen LogP contribution in [-0.4, -0.2) is 42.2 Å². The zero-order chi connectivity index (χ0) is 16.2. The van der Waals surface area contributed by atoms with Crippen molar-refractivity contribution in [2.45, 2.75) is 13.5 Å². The molecule has 0 aliphatic rings. The number of hydrogen-bond donors (Lipinski definition) is 1. The molecule has 8 nitrogen and oxygen atoms in total. The zero-order valence-electron chi connectivity index (χ0n) is 13.0. The summed E-state index contributed by atoms with van der Waals surface area (Å²) >= 11 is 0. The van der Waals surface area contributed by atoms with E-state index in [2.05, 4.69) is 25.7 Å². The van der Waals surface area contributed by atoms with Crippen LogP contribution in [-0.2, 0) is 13.6 Å². The van der Waals surface area contributed by atoms with Gasteiger partial charge in [-0.3, -0.25) is 19.1 Å². The van der Waals surface area contributed by atoms with E-state index in [0.717, 1.165) is 17.0 Å². The number of rotatable bonds is 5. The van der Waals surface area contributed by atoms with Gasteiger partial charge >= 0.3 is 0 Å². The Bertz CT molecular complexity index is 806. The highest BCUT2D eigenvalue weighted by atomic mass is 16.2. The smallest absolute Gasteiger partial charge is 0.273 e. The van der Waals surface area contributed by atoms with Crippen LogP contribution in [0, 0.1) is 6.92 Å². The van der Waals surface area contributed by atoms with Crippen molar-refractivity contribution in [3.63, 3.8) is 0 Å². The molecule has 1 amide bonds. The van der Waals surface area contributed by atoms with E-state index in [1.54, 1.807) is 25.6 Å². The standard InChI is InChI=1S/C15H17N7O/c1-11-9-13(12-3-5-16-6-4-12)19-22(11)8-7-17-15(23)14-10-21(2)20-18-14/h3-6,9-10H,7-8H2,1-2H3,(H,17,23). The first-order valence-electron chi connectivity index (χ1n) is 7.23. The molecule has 3 aromatic rings.